The highest BCUT2D eigenvalue weighted by molar-refractivity contribution is 7.09. The van der Waals surface area contributed by atoms with E-state index in [0.717, 1.165) is 57.7 Å². The van der Waals surface area contributed by atoms with Gasteiger partial charge in [0.25, 0.3) is 5.91 Å². The van der Waals surface area contributed by atoms with E-state index in [1.807, 2.05) is 42.5 Å². The number of carbonyl (C=O) groups is 3. The minimum atomic E-state index is -0.636. The highest BCUT2D eigenvalue weighted by atomic mass is 32.1. The predicted molar refractivity (Wildman–Crippen MR) is 174 cm³/mol. The normalized spacial score (nSPS) is 14.3. The Morgan fingerprint density at radius 2 is 1.64 bits per heavy atom. The molecule has 0 spiro atoms. The number of benzene rings is 2. The third-order valence-corrected chi connectivity index (χ3v) is 7.78. The van der Waals surface area contributed by atoms with Crippen LogP contribution in [0.25, 0.3) is 0 Å². The fourth-order valence-corrected chi connectivity index (χ4v) is 5.52. The SMILES string of the molecule is CC(C)(C)OC(=O)Nc1cscc1NC(=O)c1ccc(C(CCCN2CCOCC2)NC(=O)NCCc2ccccc2)cc1. The molecular weight excluding hydrogens is 578 g/mol. The van der Waals surface area contributed by atoms with Gasteiger partial charge in [0, 0.05) is 36.0 Å². The lowest BCUT2D eigenvalue weighted by Gasteiger charge is -2.27. The first-order valence-electron chi connectivity index (χ1n) is 15.0. The van der Waals surface area contributed by atoms with Crippen molar-refractivity contribution in [2.75, 3.05) is 50.0 Å². The number of rotatable bonds is 12. The van der Waals surface area contributed by atoms with Crippen LogP contribution >= 0.6 is 11.3 Å². The number of thiophene rings is 1. The van der Waals surface area contributed by atoms with Gasteiger partial charge < -0.3 is 25.4 Å². The van der Waals surface area contributed by atoms with Crippen molar-refractivity contribution >= 4 is 40.7 Å². The summed E-state index contributed by atoms with van der Waals surface area (Å²) in [5.74, 6) is -0.308. The average molecular weight is 622 g/mol. The van der Waals surface area contributed by atoms with Crippen molar-refractivity contribution in [3.8, 4) is 0 Å². The number of nitrogens with one attached hydrogen (secondary N) is 4. The number of ether oxygens (including phenoxy) is 2. The van der Waals surface area contributed by atoms with Crippen LogP contribution in [0.4, 0.5) is 21.0 Å². The minimum Gasteiger partial charge on any atom is -0.444 e. The first kappa shape index (κ1) is 33.0. The van der Waals surface area contributed by atoms with Crippen LogP contribution in [0.3, 0.4) is 0 Å². The molecule has 236 valence electrons. The van der Waals surface area contributed by atoms with Crippen LogP contribution in [0, 0.1) is 0 Å². The van der Waals surface area contributed by atoms with Gasteiger partial charge in [0.2, 0.25) is 0 Å². The number of urea groups is 1. The molecule has 4 N–H and O–H groups in total. The Hall–Kier alpha value is -3.93. The van der Waals surface area contributed by atoms with Gasteiger partial charge in [0.05, 0.1) is 30.6 Å². The quantitative estimate of drug-likeness (QED) is 0.196. The maximum Gasteiger partial charge on any atom is 0.412 e. The van der Waals surface area contributed by atoms with Gasteiger partial charge in [-0.1, -0.05) is 42.5 Å². The van der Waals surface area contributed by atoms with Gasteiger partial charge in [-0.2, -0.15) is 0 Å². The molecule has 1 saturated heterocycles. The van der Waals surface area contributed by atoms with Crippen LogP contribution < -0.4 is 21.3 Å². The van der Waals surface area contributed by atoms with E-state index in [9.17, 15) is 14.4 Å². The lowest BCUT2D eigenvalue weighted by Crippen LogP contribution is -2.40. The topological polar surface area (TPSA) is 121 Å². The summed E-state index contributed by atoms with van der Waals surface area (Å²) in [6.45, 7) is 10.2. The summed E-state index contributed by atoms with van der Waals surface area (Å²) in [6, 6.07) is 16.9. The van der Waals surface area contributed by atoms with E-state index in [4.69, 9.17) is 9.47 Å². The molecule has 3 aromatic rings. The Balaban J connectivity index is 1.36. The van der Waals surface area contributed by atoms with Gasteiger partial charge in [-0.15, -0.1) is 11.3 Å². The third kappa shape index (κ3) is 11.0. The lowest BCUT2D eigenvalue weighted by molar-refractivity contribution is 0.0369. The summed E-state index contributed by atoms with van der Waals surface area (Å²) in [5.41, 5.74) is 2.87. The van der Waals surface area contributed by atoms with Gasteiger partial charge in [-0.3, -0.25) is 15.0 Å². The molecule has 1 atom stereocenters. The molecule has 1 aliphatic heterocycles. The molecule has 1 unspecified atom stereocenters. The van der Waals surface area contributed by atoms with Crippen molar-refractivity contribution < 1.29 is 23.9 Å². The lowest BCUT2D eigenvalue weighted by atomic mass is 10.00. The number of anilines is 2. The zero-order valence-corrected chi connectivity index (χ0v) is 26.5. The van der Waals surface area contributed by atoms with Crippen LogP contribution in [0.1, 0.15) is 61.1 Å². The number of carbonyl (C=O) groups excluding carboxylic acids is 3. The molecule has 1 fully saturated rings. The molecular formula is C33H43N5O5S. The molecule has 2 heterocycles. The van der Waals surface area contributed by atoms with Crippen molar-refractivity contribution in [2.45, 2.75) is 51.7 Å². The summed E-state index contributed by atoms with van der Waals surface area (Å²) in [7, 11) is 0. The van der Waals surface area contributed by atoms with Gasteiger partial charge >= 0.3 is 12.1 Å². The Morgan fingerprint density at radius 3 is 2.32 bits per heavy atom. The van der Waals surface area contributed by atoms with E-state index >= 15 is 0 Å². The second kappa shape index (κ2) is 16.2. The molecule has 0 radical (unpaired) electrons. The number of nitrogens with zero attached hydrogens (tertiary/aromatic N) is 1. The standard InChI is InChI=1S/C33H43N5O5S/c1-33(2,3)43-32(41)37-29-23-44-22-28(29)35-30(39)26-13-11-25(12-14-26)27(10-7-17-38-18-20-42-21-19-38)36-31(40)34-16-15-24-8-5-4-6-9-24/h4-6,8-9,11-14,22-23,27H,7,10,15-21H2,1-3H3,(H,35,39)(H,37,41)(H2,34,36,40). The van der Waals surface area contributed by atoms with Gasteiger partial charge in [0.1, 0.15) is 5.60 Å². The van der Waals surface area contributed by atoms with Crippen LogP contribution in [0.2, 0.25) is 0 Å². The van der Waals surface area contributed by atoms with Gasteiger partial charge in [0.15, 0.2) is 0 Å². The zero-order valence-electron chi connectivity index (χ0n) is 25.7. The zero-order chi connectivity index (χ0) is 31.4. The molecule has 44 heavy (non-hydrogen) atoms. The summed E-state index contributed by atoms with van der Waals surface area (Å²) in [4.78, 5) is 40.5. The van der Waals surface area contributed by atoms with E-state index in [0.29, 0.717) is 23.5 Å². The molecule has 4 amide bonds. The Kier molecular flexibility index (Phi) is 12.2. The Morgan fingerprint density at radius 1 is 0.955 bits per heavy atom. The molecule has 1 aromatic heterocycles. The second-order valence-electron chi connectivity index (χ2n) is 11.7. The summed E-state index contributed by atoms with van der Waals surface area (Å²) < 4.78 is 10.8. The molecule has 10 nitrogen and oxygen atoms in total. The molecule has 4 rings (SSSR count). The fraction of sp³-hybridized carbons (Fsp3) is 0.424. The third-order valence-electron chi connectivity index (χ3n) is 7.04. The number of morpholine rings is 1. The monoisotopic (exact) mass is 621 g/mol. The van der Waals surface area contributed by atoms with Crippen LogP contribution in [0.15, 0.2) is 65.4 Å². The van der Waals surface area contributed by atoms with Crippen LogP contribution in [-0.4, -0.2) is 67.9 Å². The van der Waals surface area contributed by atoms with Crippen molar-refractivity contribution in [3.63, 3.8) is 0 Å². The minimum absolute atomic E-state index is 0.216. The Labute approximate surface area is 263 Å². The first-order valence-corrected chi connectivity index (χ1v) is 16.0. The summed E-state index contributed by atoms with van der Waals surface area (Å²) in [5, 5.41) is 15.2. The first-order chi connectivity index (χ1) is 21.2. The largest absolute Gasteiger partial charge is 0.444 e. The molecule has 0 saturated carbocycles. The number of amides is 4. The van der Waals surface area contributed by atoms with Crippen molar-refractivity contribution in [3.05, 3.63) is 82.0 Å². The van der Waals surface area contributed by atoms with Crippen LogP contribution in [-0.2, 0) is 15.9 Å². The fourth-order valence-electron chi connectivity index (χ4n) is 4.81. The molecule has 0 aliphatic carbocycles. The highest BCUT2D eigenvalue weighted by Crippen LogP contribution is 2.28. The molecule has 0 bridgehead atoms. The highest BCUT2D eigenvalue weighted by Gasteiger charge is 2.20. The van der Waals surface area contributed by atoms with Crippen molar-refractivity contribution in [1.82, 2.24) is 15.5 Å². The molecule has 11 heteroatoms. The summed E-state index contributed by atoms with van der Waals surface area (Å²) in [6.07, 6.45) is 1.82. The van der Waals surface area contributed by atoms with E-state index in [1.54, 1.807) is 43.7 Å². The smallest absolute Gasteiger partial charge is 0.412 e. The predicted octanol–water partition coefficient (Wildman–Crippen LogP) is 6.04. The average Bonchev–Trinajstić information content (AvgIpc) is 3.42. The van der Waals surface area contributed by atoms with E-state index in [-0.39, 0.29) is 18.0 Å². The van der Waals surface area contributed by atoms with E-state index < -0.39 is 11.7 Å². The molecule has 1 aliphatic rings. The Bertz CT molecular complexity index is 1350. The molecule has 2 aromatic carbocycles. The van der Waals surface area contributed by atoms with E-state index in [2.05, 4.69) is 26.2 Å². The maximum atomic E-state index is 13.1. The van der Waals surface area contributed by atoms with Gasteiger partial charge in [-0.05, 0) is 69.8 Å². The second-order valence-corrected chi connectivity index (χ2v) is 12.4. The van der Waals surface area contributed by atoms with Gasteiger partial charge in [-0.25, -0.2) is 9.59 Å². The van der Waals surface area contributed by atoms with Crippen LogP contribution in [0.5, 0.6) is 0 Å². The van der Waals surface area contributed by atoms with Crippen molar-refractivity contribution in [2.24, 2.45) is 0 Å². The van der Waals surface area contributed by atoms with Crippen molar-refractivity contribution in [1.29, 1.82) is 0 Å². The van der Waals surface area contributed by atoms with E-state index in [1.165, 1.54) is 16.9 Å². The summed E-state index contributed by atoms with van der Waals surface area (Å²) >= 11 is 1.36. The maximum absolute atomic E-state index is 13.1. The number of hydrogen-bond acceptors (Lipinski definition) is 7. The number of hydrogen-bond donors (Lipinski definition) is 4.